The summed E-state index contributed by atoms with van der Waals surface area (Å²) < 4.78 is 0.686. The van der Waals surface area contributed by atoms with Crippen molar-refractivity contribution in [1.29, 1.82) is 0 Å². The van der Waals surface area contributed by atoms with Crippen LogP contribution in [0.3, 0.4) is 0 Å². The maximum Gasteiger partial charge on any atom is 0.304 e. The van der Waals surface area contributed by atoms with Crippen LogP contribution in [0.15, 0.2) is 11.4 Å². The van der Waals surface area contributed by atoms with Crippen LogP contribution < -0.4 is 0 Å². The normalized spacial score (nSPS) is 11.6. The van der Waals surface area contributed by atoms with E-state index in [-0.39, 0.29) is 11.8 Å². The van der Waals surface area contributed by atoms with Gasteiger partial charge in [0.05, 0.1) is 10.8 Å². The van der Waals surface area contributed by atoms with Crippen molar-refractivity contribution in [3.05, 3.63) is 21.3 Å². The van der Waals surface area contributed by atoms with Crippen molar-refractivity contribution in [3.63, 3.8) is 0 Å². The molecule has 0 spiro atoms. The molecule has 0 atom stereocenters. The Kier molecular flexibility index (Phi) is 2.98. The molecule has 13 heavy (non-hydrogen) atoms. The number of carbonyl (C=O) groups is 1. The van der Waals surface area contributed by atoms with Gasteiger partial charge in [-0.05, 0) is 17.0 Å². The summed E-state index contributed by atoms with van der Waals surface area (Å²) in [6, 6.07) is 1.88. The highest BCUT2D eigenvalue weighted by molar-refractivity contribution is 7.14. The standard InChI is InChI=1S/C9H11ClO2S/c1-9(2,5-7(11)12)6-3-4-13-8(6)10/h3-4H,5H2,1-2H3,(H,11,12). The van der Waals surface area contributed by atoms with Crippen molar-refractivity contribution in [2.75, 3.05) is 0 Å². The predicted octanol–water partition coefficient (Wildman–Crippen LogP) is 3.15. The molecule has 0 amide bonds. The van der Waals surface area contributed by atoms with Gasteiger partial charge in [-0.25, -0.2) is 0 Å². The first-order valence-corrected chi connectivity index (χ1v) is 5.14. The third-order valence-corrected chi connectivity index (χ3v) is 3.11. The zero-order valence-corrected chi connectivity index (χ0v) is 9.08. The van der Waals surface area contributed by atoms with Gasteiger partial charge in [-0.3, -0.25) is 4.79 Å². The molecule has 0 saturated heterocycles. The molecule has 1 aromatic heterocycles. The van der Waals surface area contributed by atoms with Crippen LogP contribution in [0.2, 0.25) is 4.34 Å². The number of hydrogen-bond acceptors (Lipinski definition) is 2. The molecule has 1 aromatic rings. The Labute approximate surface area is 86.2 Å². The van der Waals surface area contributed by atoms with Crippen molar-refractivity contribution in [2.45, 2.75) is 25.7 Å². The Morgan fingerprint density at radius 3 is 2.69 bits per heavy atom. The predicted molar refractivity (Wildman–Crippen MR) is 54.6 cm³/mol. The summed E-state index contributed by atoms with van der Waals surface area (Å²) in [6.07, 6.45) is 0.101. The molecule has 0 aliphatic heterocycles. The van der Waals surface area contributed by atoms with Crippen LogP contribution >= 0.6 is 22.9 Å². The van der Waals surface area contributed by atoms with Crippen molar-refractivity contribution in [3.8, 4) is 0 Å². The van der Waals surface area contributed by atoms with E-state index >= 15 is 0 Å². The molecule has 0 saturated carbocycles. The molecule has 0 fully saturated rings. The van der Waals surface area contributed by atoms with E-state index in [1.165, 1.54) is 11.3 Å². The molecule has 0 unspecified atom stereocenters. The van der Waals surface area contributed by atoms with E-state index in [2.05, 4.69) is 0 Å². The maximum atomic E-state index is 10.6. The van der Waals surface area contributed by atoms with E-state index in [1.54, 1.807) is 0 Å². The van der Waals surface area contributed by atoms with Gasteiger partial charge >= 0.3 is 5.97 Å². The first-order valence-electron chi connectivity index (χ1n) is 3.89. The van der Waals surface area contributed by atoms with Gasteiger partial charge < -0.3 is 5.11 Å². The summed E-state index contributed by atoms with van der Waals surface area (Å²) in [7, 11) is 0. The lowest BCUT2D eigenvalue weighted by atomic mass is 9.83. The summed E-state index contributed by atoms with van der Waals surface area (Å²) in [4.78, 5) is 10.6. The van der Waals surface area contributed by atoms with Gasteiger partial charge in [0.25, 0.3) is 0 Å². The lowest BCUT2D eigenvalue weighted by Gasteiger charge is -2.21. The van der Waals surface area contributed by atoms with Gasteiger partial charge in [0, 0.05) is 5.41 Å². The summed E-state index contributed by atoms with van der Waals surface area (Å²) in [5.74, 6) is -0.799. The number of hydrogen-bond donors (Lipinski definition) is 1. The highest BCUT2D eigenvalue weighted by atomic mass is 35.5. The van der Waals surface area contributed by atoms with Crippen LogP contribution in [0, 0.1) is 0 Å². The molecule has 0 aromatic carbocycles. The summed E-state index contributed by atoms with van der Waals surface area (Å²) in [5.41, 5.74) is 0.532. The molecule has 0 radical (unpaired) electrons. The van der Waals surface area contributed by atoms with Gasteiger partial charge in [0.2, 0.25) is 0 Å². The van der Waals surface area contributed by atoms with Crippen molar-refractivity contribution < 1.29 is 9.90 Å². The average Bonchev–Trinajstić information content (AvgIpc) is 2.32. The fourth-order valence-corrected chi connectivity index (χ4v) is 2.52. The first-order chi connectivity index (χ1) is 5.93. The zero-order valence-electron chi connectivity index (χ0n) is 7.50. The fourth-order valence-electron chi connectivity index (χ4n) is 1.26. The second-order valence-electron chi connectivity index (χ2n) is 3.56. The highest BCUT2D eigenvalue weighted by Crippen LogP contribution is 2.35. The third kappa shape index (κ3) is 2.45. The van der Waals surface area contributed by atoms with Crippen LogP contribution in [0.25, 0.3) is 0 Å². The van der Waals surface area contributed by atoms with E-state index in [9.17, 15) is 4.79 Å². The van der Waals surface area contributed by atoms with E-state index < -0.39 is 5.97 Å². The van der Waals surface area contributed by atoms with Gasteiger partial charge in [-0.1, -0.05) is 25.4 Å². The Balaban J connectivity index is 2.93. The molecule has 4 heteroatoms. The van der Waals surface area contributed by atoms with Crippen molar-refractivity contribution in [1.82, 2.24) is 0 Å². The van der Waals surface area contributed by atoms with Gasteiger partial charge in [0.15, 0.2) is 0 Å². The Morgan fingerprint density at radius 1 is 1.69 bits per heavy atom. The first kappa shape index (κ1) is 10.5. The SMILES string of the molecule is CC(C)(CC(=O)O)c1ccsc1Cl. The molecule has 0 bridgehead atoms. The van der Waals surface area contributed by atoms with Crippen LogP contribution in [-0.2, 0) is 10.2 Å². The van der Waals surface area contributed by atoms with E-state index in [4.69, 9.17) is 16.7 Å². The number of aliphatic carboxylic acids is 1. The molecular formula is C9H11ClO2S. The van der Waals surface area contributed by atoms with E-state index in [1.807, 2.05) is 25.3 Å². The average molecular weight is 219 g/mol. The summed E-state index contributed by atoms with van der Waals surface area (Å²) in [6.45, 7) is 3.77. The minimum atomic E-state index is -0.799. The van der Waals surface area contributed by atoms with Crippen molar-refractivity contribution in [2.24, 2.45) is 0 Å². The molecule has 1 rings (SSSR count). The smallest absolute Gasteiger partial charge is 0.304 e. The van der Waals surface area contributed by atoms with Crippen LogP contribution in [0.4, 0.5) is 0 Å². The third-order valence-electron chi connectivity index (χ3n) is 1.94. The van der Waals surface area contributed by atoms with Crippen LogP contribution in [0.5, 0.6) is 0 Å². The van der Waals surface area contributed by atoms with Crippen LogP contribution in [-0.4, -0.2) is 11.1 Å². The molecule has 72 valence electrons. The Bertz CT molecular complexity index is 317. The molecule has 2 nitrogen and oxygen atoms in total. The van der Waals surface area contributed by atoms with Crippen molar-refractivity contribution >= 4 is 28.9 Å². The Morgan fingerprint density at radius 2 is 2.31 bits per heavy atom. The highest BCUT2D eigenvalue weighted by Gasteiger charge is 2.26. The van der Waals surface area contributed by atoms with Gasteiger partial charge in [-0.2, -0.15) is 0 Å². The largest absolute Gasteiger partial charge is 0.481 e. The molecule has 1 heterocycles. The lowest BCUT2D eigenvalue weighted by Crippen LogP contribution is -2.21. The minimum absolute atomic E-state index is 0.101. The molecule has 1 N–H and O–H groups in total. The quantitative estimate of drug-likeness (QED) is 0.846. The molecule has 0 aliphatic rings. The van der Waals surface area contributed by atoms with Gasteiger partial charge in [0.1, 0.15) is 0 Å². The minimum Gasteiger partial charge on any atom is -0.481 e. The van der Waals surface area contributed by atoms with Crippen LogP contribution in [0.1, 0.15) is 25.8 Å². The second kappa shape index (κ2) is 3.68. The number of carboxylic acids is 1. The molecular weight excluding hydrogens is 208 g/mol. The number of rotatable bonds is 3. The van der Waals surface area contributed by atoms with Gasteiger partial charge in [-0.15, -0.1) is 11.3 Å². The fraction of sp³-hybridized carbons (Fsp3) is 0.444. The monoisotopic (exact) mass is 218 g/mol. The number of thiophene rings is 1. The topological polar surface area (TPSA) is 37.3 Å². The lowest BCUT2D eigenvalue weighted by molar-refractivity contribution is -0.138. The maximum absolute atomic E-state index is 10.6. The van der Waals surface area contributed by atoms with E-state index in [0.717, 1.165) is 5.56 Å². The summed E-state index contributed by atoms with van der Waals surface area (Å²) >= 11 is 7.36. The zero-order chi connectivity index (χ0) is 10.1. The van der Waals surface area contributed by atoms with E-state index in [0.29, 0.717) is 4.34 Å². The second-order valence-corrected chi connectivity index (χ2v) is 5.08. The number of halogens is 1. The number of carboxylic acid groups (broad SMARTS) is 1. The molecule has 0 aliphatic carbocycles. The summed E-state index contributed by atoms with van der Waals surface area (Å²) in [5, 5.41) is 10.6. The Hall–Kier alpha value is -0.540.